The monoisotopic (exact) mass is 226 g/mol. The van der Waals surface area contributed by atoms with Gasteiger partial charge >= 0.3 is 0 Å². The highest BCUT2D eigenvalue weighted by Gasteiger charge is 2.58. The molecule has 0 radical (unpaired) electrons. The zero-order chi connectivity index (χ0) is 11.9. The highest BCUT2D eigenvalue weighted by atomic mass is 16.3. The third-order valence-corrected chi connectivity index (χ3v) is 3.52. The zero-order valence-corrected chi connectivity index (χ0v) is 9.69. The Hall–Kier alpha value is -1.10. The summed E-state index contributed by atoms with van der Waals surface area (Å²) in [7, 11) is 0. The molecule has 0 bridgehead atoms. The lowest BCUT2D eigenvalue weighted by atomic mass is 9.84. The standard InChI is InChI=1S/C11H18N2O3/c1-7(2)12-9(15)11(6-14)5-8-3-4-13(8)10(11)16/h7-8,14H,3-6H2,1-2H3,(H,12,15). The van der Waals surface area contributed by atoms with Crippen molar-refractivity contribution in [2.45, 2.75) is 38.8 Å². The van der Waals surface area contributed by atoms with E-state index in [1.165, 1.54) is 0 Å². The minimum atomic E-state index is -1.22. The maximum Gasteiger partial charge on any atom is 0.240 e. The zero-order valence-electron chi connectivity index (χ0n) is 9.69. The van der Waals surface area contributed by atoms with E-state index in [9.17, 15) is 14.7 Å². The number of amides is 2. The number of hydrogen-bond donors (Lipinski definition) is 2. The Kier molecular flexibility index (Phi) is 2.66. The Morgan fingerprint density at radius 2 is 2.38 bits per heavy atom. The molecule has 2 atom stereocenters. The third kappa shape index (κ3) is 1.42. The van der Waals surface area contributed by atoms with Crippen molar-refractivity contribution in [1.29, 1.82) is 0 Å². The van der Waals surface area contributed by atoms with E-state index in [0.29, 0.717) is 6.42 Å². The lowest BCUT2D eigenvalue weighted by molar-refractivity contribution is -0.149. The van der Waals surface area contributed by atoms with E-state index < -0.39 is 12.0 Å². The molecule has 0 saturated carbocycles. The summed E-state index contributed by atoms with van der Waals surface area (Å²) in [6.07, 6.45) is 1.41. The van der Waals surface area contributed by atoms with Crippen LogP contribution in [-0.2, 0) is 9.59 Å². The summed E-state index contributed by atoms with van der Waals surface area (Å²) in [6.45, 7) is 4.02. The topological polar surface area (TPSA) is 69.6 Å². The molecule has 0 spiro atoms. The summed E-state index contributed by atoms with van der Waals surface area (Å²) >= 11 is 0. The predicted molar refractivity (Wildman–Crippen MR) is 57.5 cm³/mol. The number of aliphatic hydroxyl groups is 1. The summed E-state index contributed by atoms with van der Waals surface area (Å²) in [4.78, 5) is 25.8. The van der Waals surface area contributed by atoms with Crippen molar-refractivity contribution in [3.05, 3.63) is 0 Å². The molecular weight excluding hydrogens is 208 g/mol. The molecule has 0 aliphatic carbocycles. The van der Waals surface area contributed by atoms with Crippen molar-refractivity contribution in [1.82, 2.24) is 10.2 Å². The molecule has 2 N–H and O–H groups in total. The second kappa shape index (κ2) is 3.73. The van der Waals surface area contributed by atoms with Gasteiger partial charge in [0.25, 0.3) is 0 Å². The van der Waals surface area contributed by atoms with Crippen molar-refractivity contribution >= 4 is 11.8 Å². The van der Waals surface area contributed by atoms with Crippen LogP contribution in [0, 0.1) is 5.41 Å². The quantitative estimate of drug-likeness (QED) is 0.637. The minimum absolute atomic E-state index is 0.0167. The van der Waals surface area contributed by atoms with Crippen LogP contribution >= 0.6 is 0 Å². The van der Waals surface area contributed by atoms with Gasteiger partial charge in [-0.15, -0.1) is 0 Å². The molecule has 0 aromatic rings. The second-order valence-electron chi connectivity index (χ2n) is 5.01. The van der Waals surface area contributed by atoms with Gasteiger partial charge < -0.3 is 15.3 Å². The van der Waals surface area contributed by atoms with Gasteiger partial charge in [0.15, 0.2) is 5.41 Å². The first-order valence-corrected chi connectivity index (χ1v) is 5.74. The van der Waals surface area contributed by atoms with Crippen LogP contribution in [0.25, 0.3) is 0 Å². The fourth-order valence-electron chi connectivity index (χ4n) is 2.48. The third-order valence-electron chi connectivity index (χ3n) is 3.52. The number of fused-ring (bicyclic) bond motifs is 1. The molecule has 90 valence electrons. The van der Waals surface area contributed by atoms with Crippen LogP contribution in [0.4, 0.5) is 0 Å². The van der Waals surface area contributed by atoms with Crippen LogP contribution in [0.15, 0.2) is 0 Å². The Morgan fingerprint density at radius 3 is 2.69 bits per heavy atom. The number of hydrogen-bond acceptors (Lipinski definition) is 3. The molecule has 16 heavy (non-hydrogen) atoms. The molecule has 2 heterocycles. The van der Waals surface area contributed by atoms with Crippen molar-refractivity contribution in [2.24, 2.45) is 5.41 Å². The van der Waals surface area contributed by atoms with E-state index in [2.05, 4.69) is 5.32 Å². The van der Waals surface area contributed by atoms with Crippen LogP contribution < -0.4 is 5.32 Å². The summed E-state index contributed by atoms with van der Waals surface area (Å²) < 4.78 is 0. The minimum Gasteiger partial charge on any atom is -0.395 e. The molecule has 2 unspecified atom stereocenters. The van der Waals surface area contributed by atoms with E-state index in [0.717, 1.165) is 13.0 Å². The van der Waals surface area contributed by atoms with Crippen molar-refractivity contribution in [3.8, 4) is 0 Å². The molecule has 0 aromatic carbocycles. The maximum absolute atomic E-state index is 12.0. The molecule has 2 amide bonds. The van der Waals surface area contributed by atoms with Crippen molar-refractivity contribution < 1.29 is 14.7 Å². The molecule has 2 saturated heterocycles. The molecule has 5 nitrogen and oxygen atoms in total. The molecule has 0 aromatic heterocycles. The Labute approximate surface area is 94.8 Å². The van der Waals surface area contributed by atoms with Crippen LogP contribution in [0.5, 0.6) is 0 Å². The number of rotatable bonds is 3. The van der Waals surface area contributed by atoms with Crippen LogP contribution in [0.2, 0.25) is 0 Å². The fourth-order valence-corrected chi connectivity index (χ4v) is 2.48. The van der Waals surface area contributed by atoms with Gasteiger partial charge in [0.1, 0.15) is 0 Å². The highest BCUT2D eigenvalue weighted by Crippen LogP contribution is 2.42. The van der Waals surface area contributed by atoms with Crippen molar-refractivity contribution in [3.63, 3.8) is 0 Å². The maximum atomic E-state index is 12.0. The van der Waals surface area contributed by atoms with E-state index in [4.69, 9.17) is 0 Å². The molecular formula is C11H18N2O3. The first kappa shape index (κ1) is 11.4. The summed E-state index contributed by atoms with van der Waals surface area (Å²) in [5.74, 6) is -0.534. The SMILES string of the molecule is CC(C)NC(=O)C1(CO)CC2CCN2C1=O. The Morgan fingerprint density at radius 1 is 1.69 bits per heavy atom. The van der Waals surface area contributed by atoms with Crippen LogP contribution in [0.3, 0.4) is 0 Å². The molecule has 2 aliphatic heterocycles. The molecule has 2 fully saturated rings. The summed E-state index contributed by atoms with van der Waals surface area (Å²) in [5.41, 5.74) is -1.22. The number of carbonyl (C=O) groups excluding carboxylic acids is 2. The van der Waals surface area contributed by atoms with Gasteiger partial charge in [-0.1, -0.05) is 0 Å². The van der Waals surface area contributed by atoms with E-state index in [1.54, 1.807) is 4.90 Å². The number of carbonyl (C=O) groups is 2. The molecule has 2 rings (SSSR count). The molecule has 2 aliphatic rings. The fraction of sp³-hybridized carbons (Fsp3) is 0.818. The summed E-state index contributed by atoms with van der Waals surface area (Å²) in [6, 6.07) is 0.148. The van der Waals surface area contributed by atoms with Gasteiger partial charge in [-0.3, -0.25) is 9.59 Å². The average Bonchev–Trinajstić information content (AvgIpc) is 2.34. The van der Waals surface area contributed by atoms with Crippen LogP contribution in [0.1, 0.15) is 26.7 Å². The predicted octanol–water partition coefficient (Wildman–Crippen LogP) is -0.506. The lowest BCUT2D eigenvalue weighted by Crippen LogP contribution is -2.52. The Balaban J connectivity index is 2.19. The molecule has 5 heteroatoms. The number of aliphatic hydroxyl groups excluding tert-OH is 1. The van der Waals surface area contributed by atoms with Gasteiger partial charge in [-0.2, -0.15) is 0 Å². The van der Waals surface area contributed by atoms with Gasteiger partial charge in [0, 0.05) is 18.6 Å². The summed E-state index contributed by atoms with van der Waals surface area (Å²) in [5, 5.41) is 12.2. The van der Waals surface area contributed by atoms with Gasteiger partial charge in [-0.05, 0) is 26.7 Å². The van der Waals surface area contributed by atoms with Crippen LogP contribution in [-0.4, -0.2) is 47.1 Å². The number of nitrogens with zero attached hydrogens (tertiary/aromatic N) is 1. The van der Waals surface area contributed by atoms with Gasteiger partial charge in [0.05, 0.1) is 6.61 Å². The first-order chi connectivity index (χ1) is 7.51. The Bertz CT molecular complexity index is 329. The first-order valence-electron chi connectivity index (χ1n) is 5.74. The van der Waals surface area contributed by atoms with E-state index in [-0.39, 0.29) is 23.9 Å². The largest absolute Gasteiger partial charge is 0.395 e. The van der Waals surface area contributed by atoms with Gasteiger partial charge in [-0.25, -0.2) is 0 Å². The number of nitrogens with one attached hydrogen (secondary N) is 1. The smallest absolute Gasteiger partial charge is 0.240 e. The lowest BCUT2D eigenvalue weighted by Gasteiger charge is -2.34. The average molecular weight is 226 g/mol. The van der Waals surface area contributed by atoms with Crippen molar-refractivity contribution in [2.75, 3.05) is 13.2 Å². The normalized spacial score (nSPS) is 32.6. The second-order valence-corrected chi connectivity index (χ2v) is 5.01. The highest BCUT2D eigenvalue weighted by molar-refractivity contribution is 6.07. The van der Waals surface area contributed by atoms with E-state index in [1.807, 2.05) is 13.8 Å². The van der Waals surface area contributed by atoms with E-state index >= 15 is 0 Å². The van der Waals surface area contributed by atoms with Gasteiger partial charge in [0.2, 0.25) is 11.8 Å².